The Balaban J connectivity index is 0.00000225. The number of carbonyl (C=O) groups excluding carboxylic acids is 2. The van der Waals surface area contributed by atoms with Crippen LogP contribution in [0.4, 0.5) is 10.1 Å². The molecule has 148 valence electrons. The summed E-state index contributed by atoms with van der Waals surface area (Å²) in [5.74, 6) is -0.920. The monoisotopic (exact) mass is 403 g/mol. The molecule has 2 heterocycles. The number of amides is 2. The molecule has 2 amide bonds. The molecule has 7 heteroatoms. The molecule has 5 nitrogen and oxygen atoms in total. The zero-order chi connectivity index (χ0) is 19.0. The van der Waals surface area contributed by atoms with Crippen molar-refractivity contribution in [1.29, 1.82) is 0 Å². The molecule has 2 aliphatic heterocycles. The Morgan fingerprint density at radius 3 is 2.54 bits per heavy atom. The molecule has 0 aromatic heterocycles. The van der Waals surface area contributed by atoms with Crippen LogP contribution >= 0.6 is 12.4 Å². The Kier molecular flexibility index (Phi) is 6.01. The van der Waals surface area contributed by atoms with Crippen molar-refractivity contribution < 1.29 is 14.0 Å². The molecule has 2 N–H and O–H groups in total. The third-order valence-corrected chi connectivity index (χ3v) is 5.45. The number of nitrogens with two attached hydrogens (primary N) is 1. The van der Waals surface area contributed by atoms with Crippen LogP contribution in [-0.2, 0) is 4.79 Å². The standard InChI is InChI=1S/C21H22FN3O2.ClH/c22-18-9-8-15(25-10-4-7-20(25)26)11-16(18)21(27)24-12-17(19(23)13-24)14-5-2-1-3-6-14;/h1-3,5-6,8-9,11,17,19H,4,7,10,12-13,23H2;1H/t17-,19+;/m0./s1. The van der Waals surface area contributed by atoms with E-state index in [0.29, 0.717) is 31.7 Å². The van der Waals surface area contributed by atoms with Crippen LogP contribution in [0.25, 0.3) is 0 Å². The highest BCUT2D eigenvalue weighted by Gasteiger charge is 2.35. The highest BCUT2D eigenvalue weighted by Crippen LogP contribution is 2.29. The van der Waals surface area contributed by atoms with Crippen molar-refractivity contribution in [2.75, 3.05) is 24.5 Å². The Morgan fingerprint density at radius 1 is 1.11 bits per heavy atom. The average molecular weight is 404 g/mol. The van der Waals surface area contributed by atoms with Gasteiger partial charge in [0.05, 0.1) is 5.56 Å². The van der Waals surface area contributed by atoms with E-state index in [1.165, 1.54) is 12.1 Å². The van der Waals surface area contributed by atoms with Gasteiger partial charge in [-0.2, -0.15) is 0 Å². The normalized spacial score (nSPS) is 21.7. The molecule has 2 atom stereocenters. The fraction of sp³-hybridized carbons (Fsp3) is 0.333. The molecule has 0 saturated carbocycles. The van der Waals surface area contributed by atoms with E-state index in [1.807, 2.05) is 30.3 Å². The molecule has 2 fully saturated rings. The lowest BCUT2D eigenvalue weighted by Crippen LogP contribution is -2.33. The van der Waals surface area contributed by atoms with Crippen LogP contribution in [-0.4, -0.2) is 42.4 Å². The van der Waals surface area contributed by atoms with Crippen molar-refractivity contribution >= 4 is 29.9 Å². The Bertz CT molecular complexity index is 877. The molecule has 0 bridgehead atoms. The number of anilines is 1. The van der Waals surface area contributed by atoms with Crippen molar-refractivity contribution in [3.8, 4) is 0 Å². The summed E-state index contributed by atoms with van der Waals surface area (Å²) in [6.45, 7) is 1.43. The van der Waals surface area contributed by atoms with E-state index in [4.69, 9.17) is 5.73 Å². The highest BCUT2D eigenvalue weighted by atomic mass is 35.5. The molecular weight excluding hydrogens is 381 g/mol. The van der Waals surface area contributed by atoms with Crippen LogP contribution in [0.15, 0.2) is 48.5 Å². The number of hydrogen-bond donors (Lipinski definition) is 1. The molecule has 0 unspecified atom stereocenters. The number of halogens is 2. The van der Waals surface area contributed by atoms with Crippen LogP contribution in [0.3, 0.4) is 0 Å². The van der Waals surface area contributed by atoms with Gasteiger partial charge in [-0.3, -0.25) is 9.59 Å². The summed E-state index contributed by atoms with van der Waals surface area (Å²) in [4.78, 5) is 28.1. The van der Waals surface area contributed by atoms with Crippen molar-refractivity contribution in [1.82, 2.24) is 4.90 Å². The molecule has 0 spiro atoms. The van der Waals surface area contributed by atoms with Gasteiger partial charge in [0, 0.05) is 43.7 Å². The van der Waals surface area contributed by atoms with Gasteiger partial charge in [0.2, 0.25) is 5.91 Å². The van der Waals surface area contributed by atoms with Crippen LogP contribution in [0.2, 0.25) is 0 Å². The second kappa shape index (κ2) is 8.29. The van der Waals surface area contributed by atoms with Gasteiger partial charge in [-0.25, -0.2) is 4.39 Å². The van der Waals surface area contributed by atoms with Gasteiger partial charge in [-0.05, 0) is 30.2 Å². The first kappa shape index (κ1) is 20.3. The van der Waals surface area contributed by atoms with Gasteiger partial charge in [0.25, 0.3) is 5.91 Å². The van der Waals surface area contributed by atoms with Crippen LogP contribution < -0.4 is 10.6 Å². The summed E-state index contributed by atoms with van der Waals surface area (Å²) >= 11 is 0. The molecule has 0 aliphatic carbocycles. The predicted octanol–water partition coefficient (Wildman–Crippen LogP) is 2.94. The average Bonchev–Trinajstić information content (AvgIpc) is 3.28. The van der Waals surface area contributed by atoms with Gasteiger partial charge < -0.3 is 15.5 Å². The van der Waals surface area contributed by atoms with Crippen molar-refractivity contribution in [3.63, 3.8) is 0 Å². The van der Waals surface area contributed by atoms with Crippen molar-refractivity contribution in [3.05, 3.63) is 65.5 Å². The zero-order valence-electron chi connectivity index (χ0n) is 15.4. The fourth-order valence-electron chi connectivity index (χ4n) is 3.98. The third-order valence-electron chi connectivity index (χ3n) is 5.45. The topological polar surface area (TPSA) is 66.6 Å². The Morgan fingerprint density at radius 2 is 1.86 bits per heavy atom. The molecule has 2 aromatic rings. The maximum atomic E-state index is 14.4. The smallest absolute Gasteiger partial charge is 0.256 e. The number of benzene rings is 2. The van der Waals surface area contributed by atoms with Crippen molar-refractivity contribution in [2.24, 2.45) is 5.73 Å². The Hall–Kier alpha value is -2.44. The van der Waals surface area contributed by atoms with Gasteiger partial charge in [-0.15, -0.1) is 12.4 Å². The Labute approximate surface area is 169 Å². The van der Waals surface area contributed by atoms with Gasteiger partial charge in [0.1, 0.15) is 5.82 Å². The number of rotatable bonds is 3. The molecule has 28 heavy (non-hydrogen) atoms. The first-order chi connectivity index (χ1) is 13.0. The summed E-state index contributed by atoms with van der Waals surface area (Å²) in [6, 6.07) is 13.9. The minimum absolute atomic E-state index is 0. The molecule has 4 rings (SSSR count). The minimum Gasteiger partial charge on any atom is -0.336 e. The minimum atomic E-state index is -0.577. The fourth-order valence-corrected chi connectivity index (χ4v) is 3.98. The number of carbonyl (C=O) groups is 2. The lowest BCUT2D eigenvalue weighted by Gasteiger charge is -2.20. The molecular formula is C21H23ClFN3O2. The number of likely N-dealkylation sites (tertiary alicyclic amines) is 1. The molecule has 2 saturated heterocycles. The predicted molar refractivity (Wildman–Crippen MR) is 108 cm³/mol. The van der Waals surface area contributed by atoms with E-state index in [9.17, 15) is 14.0 Å². The second-order valence-electron chi connectivity index (χ2n) is 7.20. The summed E-state index contributed by atoms with van der Waals surface area (Å²) in [6.07, 6.45) is 1.26. The summed E-state index contributed by atoms with van der Waals surface area (Å²) in [7, 11) is 0. The van der Waals surface area contributed by atoms with E-state index in [1.54, 1.807) is 15.9 Å². The first-order valence-corrected chi connectivity index (χ1v) is 9.24. The van der Waals surface area contributed by atoms with Crippen LogP contribution in [0, 0.1) is 5.82 Å². The quantitative estimate of drug-likeness (QED) is 0.856. The SMILES string of the molecule is Cl.N[C@@H]1CN(C(=O)c2cc(N3CCCC3=O)ccc2F)C[C@H]1c1ccccc1. The largest absolute Gasteiger partial charge is 0.336 e. The van der Waals surface area contributed by atoms with E-state index in [-0.39, 0.29) is 41.7 Å². The third kappa shape index (κ3) is 3.75. The van der Waals surface area contributed by atoms with Gasteiger partial charge in [-0.1, -0.05) is 30.3 Å². The molecule has 0 radical (unpaired) electrons. The van der Waals surface area contributed by atoms with E-state index >= 15 is 0 Å². The van der Waals surface area contributed by atoms with E-state index < -0.39 is 5.82 Å². The van der Waals surface area contributed by atoms with Crippen LogP contribution in [0.5, 0.6) is 0 Å². The van der Waals surface area contributed by atoms with Crippen LogP contribution in [0.1, 0.15) is 34.7 Å². The lowest BCUT2D eigenvalue weighted by atomic mass is 9.95. The highest BCUT2D eigenvalue weighted by molar-refractivity contribution is 5.99. The second-order valence-corrected chi connectivity index (χ2v) is 7.20. The maximum absolute atomic E-state index is 14.4. The number of hydrogen-bond acceptors (Lipinski definition) is 3. The van der Waals surface area contributed by atoms with Gasteiger partial charge >= 0.3 is 0 Å². The molecule has 2 aromatic carbocycles. The first-order valence-electron chi connectivity index (χ1n) is 9.24. The summed E-state index contributed by atoms with van der Waals surface area (Å²) < 4.78 is 14.4. The van der Waals surface area contributed by atoms with Crippen molar-refractivity contribution in [2.45, 2.75) is 24.8 Å². The maximum Gasteiger partial charge on any atom is 0.256 e. The van der Waals surface area contributed by atoms with E-state index in [0.717, 1.165) is 12.0 Å². The lowest BCUT2D eigenvalue weighted by molar-refractivity contribution is -0.117. The van der Waals surface area contributed by atoms with Gasteiger partial charge in [0.15, 0.2) is 0 Å². The zero-order valence-corrected chi connectivity index (χ0v) is 16.2. The summed E-state index contributed by atoms with van der Waals surface area (Å²) in [5.41, 5.74) is 7.91. The van der Waals surface area contributed by atoms with E-state index in [2.05, 4.69) is 0 Å². The summed E-state index contributed by atoms with van der Waals surface area (Å²) in [5, 5.41) is 0. The molecule has 2 aliphatic rings. The number of nitrogens with zero attached hydrogens (tertiary/aromatic N) is 2.